The van der Waals surface area contributed by atoms with E-state index in [1.165, 1.54) is 11.0 Å². The molecule has 66 valence electrons. The molecule has 0 atom stereocenters. The van der Waals surface area contributed by atoms with Crippen LogP contribution in [-0.4, -0.2) is 20.7 Å². The number of carbonyl (C=O) groups excluding carboxylic acids is 1. The van der Waals surface area contributed by atoms with Gasteiger partial charge in [0, 0.05) is 0 Å². The molecule has 0 aliphatic rings. The number of hydrogen-bond acceptors (Lipinski definition) is 3. The standard InChI is InChI=1S/C7H12N4O/c1-7(2,3)11-6(5(8)12)9-4-10-11/h4H,1-3H3,(H2,8,12). The molecule has 1 aromatic rings. The van der Waals surface area contributed by atoms with Crippen LogP contribution in [0.25, 0.3) is 0 Å². The molecule has 0 saturated heterocycles. The van der Waals surface area contributed by atoms with Crippen molar-refractivity contribution in [2.45, 2.75) is 26.3 Å². The third-order valence-electron chi connectivity index (χ3n) is 1.40. The molecule has 2 N–H and O–H groups in total. The highest BCUT2D eigenvalue weighted by atomic mass is 16.1. The summed E-state index contributed by atoms with van der Waals surface area (Å²) in [5.41, 5.74) is 4.83. The molecule has 0 aliphatic carbocycles. The molecule has 12 heavy (non-hydrogen) atoms. The van der Waals surface area contributed by atoms with Gasteiger partial charge in [0.1, 0.15) is 6.33 Å². The summed E-state index contributed by atoms with van der Waals surface area (Å²) in [5.74, 6) is -0.357. The second kappa shape index (κ2) is 2.58. The number of hydrogen-bond donors (Lipinski definition) is 1. The molecule has 0 spiro atoms. The average molecular weight is 168 g/mol. The Bertz CT molecular complexity index is 297. The molecule has 0 bridgehead atoms. The lowest BCUT2D eigenvalue weighted by Crippen LogP contribution is -2.29. The van der Waals surface area contributed by atoms with Crippen molar-refractivity contribution in [3.05, 3.63) is 12.2 Å². The summed E-state index contributed by atoms with van der Waals surface area (Å²) in [5, 5.41) is 3.91. The largest absolute Gasteiger partial charge is 0.363 e. The minimum absolute atomic E-state index is 0.197. The van der Waals surface area contributed by atoms with Crippen LogP contribution in [0, 0.1) is 0 Å². The van der Waals surface area contributed by atoms with E-state index < -0.39 is 5.91 Å². The van der Waals surface area contributed by atoms with Crippen LogP contribution in [-0.2, 0) is 5.54 Å². The highest BCUT2D eigenvalue weighted by Crippen LogP contribution is 2.12. The number of primary amides is 1. The van der Waals surface area contributed by atoms with Gasteiger partial charge < -0.3 is 5.73 Å². The molecule has 1 aromatic heterocycles. The van der Waals surface area contributed by atoms with E-state index in [4.69, 9.17) is 5.73 Å². The first-order chi connectivity index (χ1) is 5.43. The van der Waals surface area contributed by atoms with Crippen LogP contribution in [0.3, 0.4) is 0 Å². The zero-order chi connectivity index (χ0) is 9.35. The lowest BCUT2D eigenvalue weighted by Gasteiger charge is -2.19. The molecule has 0 aromatic carbocycles. The van der Waals surface area contributed by atoms with Crippen molar-refractivity contribution in [1.29, 1.82) is 0 Å². The van der Waals surface area contributed by atoms with Gasteiger partial charge in [0.05, 0.1) is 5.54 Å². The van der Waals surface area contributed by atoms with Crippen molar-refractivity contribution in [1.82, 2.24) is 14.8 Å². The highest BCUT2D eigenvalue weighted by molar-refractivity contribution is 5.88. The number of amides is 1. The van der Waals surface area contributed by atoms with Crippen molar-refractivity contribution in [2.75, 3.05) is 0 Å². The van der Waals surface area contributed by atoms with E-state index in [2.05, 4.69) is 10.1 Å². The van der Waals surface area contributed by atoms with Crippen LogP contribution in [0.1, 0.15) is 31.4 Å². The SMILES string of the molecule is CC(C)(C)n1ncnc1C(N)=O. The fraction of sp³-hybridized carbons (Fsp3) is 0.571. The number of nitrogens with two attached hydrogens (primary N) is 1. The molecule has 0 radical (unpaired) electrons. The molecule has 1 heterocycles. The van der Waals surface area contributed by atoms with Gasteiger partial charge in [-0.2, -0.15) is 5.10 Å². The summed E-state index contributed by atoms with van der Waals surface area (Å²) in [4.78, 5) is 14.6. The maximum atomic E-state index is 10.8. The zero-order valence-corrected chi connectivity index (χ0v) is 7.40. The minimum Gasteiger partial charge on any atom is -0.363 e. The molecule has 1 amide bonds. The highest BCUT2D eigenvalue weighted by Gasteiger charge is 2.20. The number of nitrogens with zero attached hydrogens (tertiary/aromatic N) is 3. The van der Waals surface area contributed by atoms with Crippen LogP contribution in [0.5, 0.6) is 0 Å². The molecule has 0 aliphatic heterocycles. The Hall–Kier alpha value is -1.39. The molecule has 5 heteroatoms. The predicted molar refractivity (Wildman–Crippen MR) is 43.5 cm³/mol. The Morgan fingerprint density at radius 3 is 2.50 bits per heavy atom. The summed E-state index contributed by atoms with van der Waals surface area (Å²) in [7, 11) is 0. The number of rotatable bonds is 1. The van der Waals surface area contributed by atoms with Gasteiger partial charge in [0.2, 0.25) is 5.82 Å². The van der Waals surface area contributed by atoms with Crippen molar-refractivity contribution >= 4 is 5.91 Å². The second-order valence-electron chi connectivity index (χ2n) is 3.53. The van der Waals surface area contributed by atoms with Gasteiger partial charge in [-0.05, 0) is 20.8 Å². The molecule has 0 unspecified atom stereocenters. The first-order valence-corrected chi connectivity index (χ1v) is 3.63. The van der Waals surface area contributed by atoms with Crippen molar-refractivity contribution in [3.63, 3.8) is 0 Å². The Balaban J connectivity index is 3.17. The van der Waals surface area contributed by atoms with Crippen LogP contribution in [0.2, 0.25) is 0 Å². The fourth-order valence-corrected chi connectivity index (χ4v) is 0.900. The van der Waals surface area contributed by atoms with Gasteiger partial charge in [-0.1, -0.05) is 0 Å². The minimum atomic E-state index is -0.553. The van der Waals surface area contributed by atoms with Gasteiger partial charge in [-0.25, -0.2) is 9.67 Å². The van der Waals surface area contributed by atoms with E-state index in [9.17, 15) is 4.79 Å². The van der Waals surface area contributed by atoms with E-state index in [1.807, 2.05) is 20.8 Å². The van der Waals surface area contributed by atoms with Crippen LogP contribution in [0.15, 0.2) is 6.33 Å². The van der Waals surface area contributed by atoms with E-state index in [0.717, 1.165) is 0 Å². The van der Waals surface area contributed by atoms with Gasteiger partial charge in [0.15, 0.2) is 0 Å². The van der Waals surface area contributed by atoms with Crippen molar-refractivity contribution < 1.29 is 4.79 Å². The molecule has 1 rings (SSSR count). The maximum absolute atomic E-state index is 10.8. The first-order valence-electron chi connectivity index (χ1n) is 3.63. The lowest BCUT2D eigenvalue weighted by atomic mass is 10.1. The molecule has 0 fully saturated rings. The molecule has 0 saturated carbocycles. The zero-order valence-electron chi connectivity index (χ0n) is 7.40. The number of aromatic nitrogens is 3. The van der Waals surface area contributed by atoms with Crippen LogP contribution >= 0.6 is 0 Å². The topological polar surface area (TPSA) is 73.8 Å². The Kier molecular flexibility index (Phi) is 1.87. The maximum Gasteiger partial charge on any atom is 0.286 e. The fourth-order valence-electron chi connectivity index (χ4n) is 0.900. The second-order valence-corrected chi connectivity index (χ2v) is 3.53. The van der Waals surface area contributed by atoms with E-state index in [0.29, 0.717) is 0 Å². The Morgan fingerprint density at radius 2 is 2.17 bits per heavy atom. The van der Waals surface area contributed by atoms with Crippen molar-refractivity contribution in [3.8, 4) is 0 Å². The van der Waals surface area contributed by atoms with Gasteiger partial charge in [-0.3, -0.25) is 4.79 Å². The third-order valence-corrected chi connectivity index (χ3v) is 1.40. The lowest BCUT2D eigenvalue weighted by molar-refractivity contribution is 0.0977. The van der Waals surface area contributed by atoms with Gasteiger partial charge in [-0.15, -0.1) is 0 Å². The number of carbonyl (C=O) groups is 1. The Labute approximate surface area is 70.6 Å². The Morgan fingerprint density at radius 1 is 1.58 bits per heavy atom. The smallest absolute Gasteiger partial charge is 0.286 e. The summed E-state index contributed by atoms with van der Waals surface area (Å²) in [6, 6.07) is 0. The molecule has 5 nitrogen and oxygen atoms in total. The summed E-state index contributed by atoms with van der Waals surface area (Å²) >= 11 is 0. The first kappa shape index (κ1) is 8.70. The molecular formula is C7H12N4O. The van der Waals surface area contributed by atoms with E-state index in [-0.39, 0.29) is 11.4 Å². The normalized spacial score (nSPS) is 11.6. The summed E-state index contributed by atoms with van der Waals surface area (Å²) in [6.07, 6.45) is 1.32. The van der Waals surface area contributed by atoms with Gasteiger partial charge >= 0.3 is 0 Å². The monoisotopic (exact) mass is 168 g/mol. The summed E-state index contributed by atoms with van der Waals surface area (Å²) < 4.78 is 1.51. The predicted octanol–water partition coefficient (Wildman–Crippen LogP) is 0.132. The van der Waals surface area contributed by atoms with Crippen LogP contribution in [0.4, 0.5) is 0 Å². The van der Waals surface area contributed by atoms with E-state index >= 15 is 0 Å². The van der Waals surface area contributed by atoms with Crippen LogP contribution < -0.4 is 5.73 Å². The van der Waals surface area contributed by atoms with E-state index in [1.54, 1.807) is 0 Å². The average Bonchev–Trinajstić information content (AvgIpc) is 2.30. The van der Waals surface area contributed by atoms with Gasteiger partial charge in [0.25, 0.3) is 5.91 Å². The third kappa shape index (κ3) is 1.44. The quantitative estimate of drug-likeness (QED) is 0.647. The molecular weight excluding hydrogens is 156 g/mol. The summed E-state index contributed by atoms with van der Waals surface area (Å²) in [6.45, 7) is 5.77. The van der Waals surface area contributed by atoms with Crippen molar-refractivity contribution in [2.24, 2.45) is 5.73 Å².